The predicted molar refractivity (Wildman–Crippen MR) is 66.5 cm³/mol. The molecule has 1 aromatic heterocycles. The summed E-state index contributed by atoms with van der Waals surface area (Å²) < 4.78 is 0. The fourth-order valence-corrected chi connectivity index (χ4v) is 2.19. The Labute approximate surface area is 97.9 Å². The van der Waals surface area contributed by atoms with Gasteiger partial charge in [-0.25, -0.2) is 0 Å². The molecule has 2 rings (SSSR count). The topological polar surface area (TPSA) is 28.2 Å². The van der Waals surface area contributed by atoms with Crippen molar-refractivity contribution >= 4 is 0 Å². The van der Waals surface area contributed by atoms with Crippen molar-refractivity contribution in [3.63, 3.8) is 0 Å². The van der Waals surface area contributed by atoms with E-state index in [9.17, 15) is 0 Å². The molecule has 0 amide bonds. The van der Waals surface area contributed by atoms with Crippen molar-refractivity contribution in [2.24, 2.45) is 0 Å². The summed E-state index contributed by atoms with van der Waals surface area (Å²) in [5, 5.41) is 3.54. The molecule has 0 spiro atoms. The quantitative estimate of drug-likeness (QED) is 0.827. The number of hydrogen-bond donors (Lipinski definition) is 1. The van der Waals surface area contributed by atoms with Crippen LogP contribution in [0, 0.1) is 0 Å². The van der Waals surface area contributed by atoms with E-state index in [-0.39, 0.29) is 0 Å². The summed E-state index contributed by atoms with van der Waals surface area (Å²) in [7, 11) is 0. The second kappa shape index (κ2) is 5.97. The van der Waals surface area contributed by atoms with E-state index >= 15 is 0 Å². The highest BCUT2D eigenvalue weighted by molar-refractivity contribution is 5.03. The van der Waals surface area contributed by atoms with Crippen molar-refractivity contribution in [3.8, 4) is 0 Å². The molecule has 1 saturated heterocycles. The van der Waals surface area contributed by atoms with E-state index in [0.717, 1.165) is 19.5 Å². The molecule has 1 fully saturated rings. The van der Waals surface area contributed by atoms with Crippen molar-refractivity contribution in [1.82, 2.24) is 15.2 Å². The highest BCUT2D eigenvalue weighted by Gasteiger charge is 2.16. The number of nitrogens with zero attached hydrogens (tertiary/aromatic N) is 2. The zero-order chi connectivity index (χ0) is 11.2. The van der Waals surface area contributed by atoms with E-state index in [4.69, 9.17) is 0 Å². The van der Waals surface area contributed by atoms with Crippen LogP contribution in [0.4, 0.5) is 0 Å². The second-order valence-corrected chi connectivity index (χ2v) is 4.43. The minimum atomic E-state index is 0.678. The summed E-state index contributed by atoms with van der Waals surface area (Å²) >= 11 is 0. The van der Waals surface area contributed by atoms with Gasteiger partial charge in [-0.15, -0.1) is 0 Å². The van der Waals surface area contributed by atoms with Crippen molar-refractivity contribution in [2.45, 2.75) is 25.8 Å². The van der Waals surface area contributed by atoms with Gasteiger partial charge >= 0.3 is 0 Å². The lowest BCUT2D eigenvalue weighted by atomic mass is 10.1. The van der Waals surface area contributed by atoms with Gasteiger partial charge in [0, 0.05) is 50.5 Å². The van der Waals surface area contributed by atoms with Gasteiger partial charge in [0.15, 0.2) is 0 Å². The first-order chi connectivity index (χ1) is 7.88. The van der Waals surface area contributed by atoms with Crippen LogP contribution in [0.5, 0.6) is 0 Å². The number of pyridine rings is 1. The van der Waals surface area contributed by atoms with Crippen LogP contribution in [0.15, 0.2) is 24.4 Å². The summed E-state index contributed by atoms with van der Waals surface area (Å²) in [4.78, 5) is 6.90. The van der Waals surface area contributed by atoms with Crippen LogP contribution in [0.1, 0.15) is 19.0 Å². The van der Waals surface area contributed by atoms with E-state index in [1.807, 2.05) is 12.3 Å². The lowest BCUT2D eigenvalue weighted by Crippen LogP contribution is -2.50. The van der Waals surface area contributed by atoms with Crippen LogP contribution in [0.2, 0.25) is 0 Å². The lowest BCUT2D eigenvalue weighted by molar-refractivity contribution is 0.199. The number of piperazine rings is 1. The predicted octanol–water partition coefficient (Wildman–Crippen LogP) is 1.31. The first-order valence-electron chi connectivity index (χ1n) is 6.24. The van der Waals surface area contributed by atoms with Gasteiger partial charge in [-0.3, -0.25) is 4.98 Å². The van der Waals surface area contributed by atoms with Crippen LogP contribution in [0.25, 0.3) is 0 Å². The second-order valence-electron chi connectivity index (χ2n) is 4.43. The largest absolute Gasteiger partial charge is 0.311 e. The Kier molecular flexibility index (Phi) is 4.31. The minimum Gasteiger partial charge on any atom is -0.311 e. The van der Waals surface area contributed by atoms with Gasteiger partial charge in [0.25, 0.3) is 0 Å². The van der Waals surface area contributed by atoms with E-state index in [2.05, 4.69) is 34.3 Å². The molecule has 0 bridgehead atoms. The molecular formula is C13H21N3. The molecule has 1 aliphatic heterocycles. The molecule has 3 heteroatoms. The van der Waals surface area contributed by atoms with Crippen LogP contribution in [-0.4, -0.2) is 42.1 Å². The Morgan fingerprint density at radius 1 is 1.50 bits per heavy atom. The fourth-order valence-electron chi connectivity index (χ4n) is 2.19. The monoisotopic (exact) mass is 219 g/mol. The normalized spacial score (nSPS) is 22.2. The van der Waals surface area contributed by atoms with Crippen LogP contribution >= 0.6 is 0 Å². The van der Waals surface area contributed by atoms with E-state index in [0.29, 0.717) is 6.04 Å². The Bertz CT molecular complexity index is 299. The van der Waals surface area contributed by atoms with E-state index < -0.39 is 0 Å². The Morgan fingerprint density at radius 2 is 2.44 bits per heavy atom. The SMILES string of the molecule is CCC1CN(CCc2ccccn2)CCN1. The highest BCUT2D eigenvalue weighted by Crippen LogP contribution is 2.04. The summed E-state index contributed by atoms with van der Waals surface area (Å²) in [5.74, 6) is 0. The third kappa shape index (κ3) is 3.29. The van der Waals surface area contributed by atoms with Crippen LogP contribution in [-0.2, 0) is 6.42 Å². The molecule has 0 saturated carbocycles. The molecule has 2 heterocycles. The van der Waals surface area contributed by atoms with Crippen molar-refractivity contribution < 1.29 is 0 Å². The molecule has 0 radical (unpaired) electrons. The van der Waals surface area contributed by atoms with Crippen molar-refractivity contribution in [3.05, 3.63) is 30.1 Å². The third-order valence-corrected chi connectivity index (χ3v) is 3.24. The molecular weight excluding hydrogens is 198 g/mol. The van der Waals surface area contributed by atoms with E-state index in [1.54, 1.807) is 0 Å². The van der Waals surface area contributed by atoms with Gasteiger partial charge in [0.1, 0.15) is 0 Å². The number of hydrogen-bond acceptors (Lipinski definition) is 3. The third-order valence-electron chi connectivity index (χ3n) is 3.24. The summed E-state index contributed by atoms with van der Waals surface area (Å²) in [5.41, 5.74) is 1.20. The standard InChI is InChI=1S/C13H21N3/c1-2-12-11-16(10-8-15-12)9-6-13-5-3-4-7-14-13/h3-5,7,12,15H,2,6,8-11H2,1H3. The lowest BCUT2D eigenvalue weighted by Gasteiger charge is -2.33. The summed E-state index contributed by atoms with van der Waals surface area (Å²) in [6, 6.07) is 6.83. The molecule has 3 nitrogen and oxygen atoms in total. The number of rotatable bonds is 4. The summed E-state index contributed by atoms with van der Waals surface area (Å²) in [6.07, 6.45) is 4.17. The Hall–Kier alpha value is -0.930. The molecule has 0 aliphatic carbocycles. The van der Waals surface area contributed by atoms with Crippen molar-refractivity contribution in [2.75, 3.05) is 26.2 Å². The molecule has 1 N–H and O–H groups in total. The molecule has 88 valence electrons. The Morgan fingerprint density at radius 3 is 3.19 bits per heavy atom. The van der Waals surface area contributed by atoms with Gasteiger partial charge in [-0.1, -0.05) is 13.0 Å². The maximum Gasteiger partial charge on any atom is 0.0416 e. The maximum absolute atomic E-state index is 4.36. The first kappa shape index (κ1) is 11.6. The minimum absolute atomic E-state index is 0.678. The number of aromatic nitrogens is 1. The fraction of sp³-hybridized carbons (Fsp3) is 0.615. The van der Waals surface area contributed by atoms with Gasteiger partial charge in [-0.05, 0) is 18.6 Å². The average molecular weight is 219 g/mol. The molecule has 1 unspecified atom stereocenters. The smallest absolute Gasteiger partial charge is 0.0416 e. The average Bonchev–Trinajstić information content (AvgIpc) is 2.38. The van der Waals surface area contributed by atoms with Gasteiger partial charge < -0.3 is 10.2 Å². The van der Waals surface area contributed by atoms with Crippen molar-refractivity contribution in [1.29, 1.82) is 0 Å². The van der Waals surface area contributed by atoms with Gasteiger partial charge in [0.05, 0.1) is 0 Å². The molecule has 1 aliphatic rings. The molecule has 16 heavy (non-hydrogen) atoms. The first-order valence-corrected chi connectivity index (χ1v) is 6.24. The van der Waals surface area contributed by atoms with Gasteiger partial charge in [-0.2, -0.15) is 0 Å². The molecule has 1 atom stereocenters. The Balaban J connectivity index is 1.77. The zero-order valence-electron chi connectivity index (χ0n) is 10.0. The van der Waals surface area contributed by atoms with Crippen LogP contribution < -0.4 is 5.32 Å². The van der Waals surface area contributed by atoms with E-state index in [1.165, 1.54) is 25.2 Å². The molecule has 1 aromatic rings. The summed E-state index contributed by atoms with van der Waals surface area (Å²) in [6.45, 7) is 6.86. The molecule has 0 aromatic carbocycles. The van der Waals surface area contributed by atoms with Crippen LogP contribution in [0.3, 0.4) is 0 Å². The highest BCUT2D eigenvalue weighted by atomic mass is 15.2. The van der Waals surface area contributed by atoms with Gasteiger partial charge in [0.2, 0.25) is 0 Å². The maximum atomic E-state index is 4.36. The zero-order valence-corrected chi connectivity index (χ0v) is 10.0. The number of nitrogens with one attached hydrogen (secondary N) is 1.